The topological polar surface area (TPSA) is 80.4 Å². The summed E-state index contributed by atoms with van der Waals surface area (Å²) in [6, 6.07) is -0.783. The maximum Gasteiger partial charge on any atom is 0.320 e. The summed E-state index contributed by atoms with van der Waals surface area (Å²) in [6.07, 6.45) is 9.00. The Morgan fingerprint density at radius 1 is 1.00 bits per heavy atom. The molecule has 0 aliphatic heterocycles. The Morgan fingerprint density at radius 3 is 2.11 bits per heavy atom. The molecular weight excluding hydrogens is 230 g/mol. The largest absolute Gasteiger partial charge is 0.480 e. The van der Waals surface area contributed by atoms with Crippen LogP contribution in [-0.2, 0) is 9.59 Å². The lowest BCUT2D eigenvalue weighted by atomic mass is 10.0. The molecule has 0 radical (unpaired) electrons. The Kier molecular flexibility index (Phi) is 10.6. The van der Waals surface area contributed by atoms with Gasteiger partial charge in [0, 0.05) is 12.8 Å². The number of carbonyl (C=O) groups excluding carboxylic acids is 1. The summed E-state index contributed by atoms with van der Waals surface area (Å²) in [5, 5.41) is 8.59. The summed E-state index contributed by atoms with van der Waals surface area (Å²) in [5.41, 5.74) is 5.38. The van der Waals surface area contributed by atoms with Gasteiger partial charge in [0.2, 0.25) is 0 Å². The van der Waals surface area contributed by atoms with Gasteiger partial charge in [0.1, 0.15) is 11.8 Å². The molecule has 4 heteroatoms. The van der Waals surface area contributed by atoms with Crippen LogP contribution >= 0.6 is 0 Å². The molecule has 0 saturated heterocycles. The van der Waals surface area contributed by atoms with Gasteiger partial charge in [-0.05, 0) is 19.3 Å². The molecule has 1 atom stereocenters. The van der Waals surface area contributed by atoms with E-state index in [1.165, 1.54) is 19.3 Å². The van der Waals surface area contributed by atoms with E-state index in [1.54, 1.807) is 0 Å². The van der Waals surface area contributed by atoms with Gasteiger partial charge in [0.05, 0.1) is 0 Å². The summed E-state index contributed by atoms with van der Waals surface area (Å²) in [6.45, 7) is 2.17. The van der Waals surface area contributed by atoms with Gasteiger partial charge in [0.25, 0.3) is 0 Å². The van der Waals surface area contributed by atoms with Gasteiger partial charge >= 0.3 is 5.97 Å². The predicted octanol–water partition coefficient (Wildman–Crippen LogP) is 2.89. The number of carboxylic acids is 1. The first-order chi connectivity index (χ1) is 8.57. The summed E-state index contributed by atoms with van der Waals surface area (Å²) in [7, 11) is 0. The van der Waals surface area contributed by atoms with Crippen LogP contribution in [0.2, 0.25) is 0 Å². The molecule has 0 spiro atoms. The van der Waals surface area contributed by atoms with Crippen molar-refractivity contribution in [3.05, 3.63) is 0 Å². The number of hydrogen-bond donors (Lipinski definition) is 2. The number of unbranched alkanes of at least 4 members (excludes halogenated alkanes) is 5. The first kappa shape index (κ1) is 17.1. The van der Waals surface area contributed by atoms with Crippen LogP contribution in [0.25, 0.3) is 0 Å². The Bertz CT molecular complexity index is 241. The molecule has 0 heterocycles. The predicted molar refractivity (Wildman–Crippen MR) is 72.5 cm³/mol. The van der Waals surface area contributed by atoms with Crippen molar-refractivity contribution >= 4 is 11.8 Å². The zero-order valence-electron chi connectivity index (χ0n) is 11.5. The lowest BCUT2D eigenvalue weighted by Gasteiger charge is -2.05. The van der Waals surface area contributed by atoms with Gasteiger partial charge in [0.15, 0.2) is 0 Å². The highest BCUT2D eigenvalue weighted by Crippen LogP contribution is 2.09. The van der Waals surface area contributed by atoms with E-state index in [4.69, 9.17) is 10.8 Å². The number of aliphatic carboxylic acids is 1. The van der Waals surface area contributed by atoms with Crippen LogP contribution in [0.15, 0.2) is 0 Å². The van der Waals surface area contributed by atoms with Crippen LogP contribution in [-0.4, -0.2) is 22.9 Å². The minimum Gasteiger partial charge on any atom is -0.480 e. The summed E-state index contributed by atoms with van der Waals surface area (Å²) in [4.78, 5) is 22.0. The van der Waals surface area contributed by atoms with E-state index in [0.717, 1.165) is 25.7 Å². The van der Waals surface area contributed by atoms with E-state index < -0.39 is 12.0 Å². The number of ketones is 1. The fourth-order valence-electron chi connectivity index (χ4n) is 1.86. The van der Waals surface area contributed by atoms with Crippen LogP contribution in [0.4, 0.5) is 0 Å². The third kappa shape index (κ3) is 10.3. The SMILES string of the molecule is CCCCCCCC(=O)CCCCC(N)C(=O)O. The van der Waals surface area contributed by atoms with E-state index in [1.807, 2.05) is 0 Å². The second-order valence-corrected chi connectivity index (χ2v) is 4.89. The average molecular weight is 257 g/mol. The van der Waals surface area contributed by atoms with Gasteiger partial charge in [-0.25, -0.2) is 0 Å². The second kappa shape index (κ2) is 11.2. The van der Waals surface area contributed by atoms with Gasteiger partial charge in [-0.2, -0.15) is 0 Å². The standard InChI is InChI=1S/C14H27NO3/c1-2-3-4-5-6-9-12(16)10-7-8-11-13(15)14(17)18/h13H,2-11,15H2,1H3,(H,17,18). The molecule has 0 saturated carbocycles. The van der Waals surface area contributed by atoms with Crippen LogP contribution in [0, 0.1) is 0 Å². The first-order valence-corrected chi connectivity index (χ1v) is 7.08. The monoisotopic (exact) mass is 257 g/mol. The molecule has 3 N–H and O–H groups in total. The normalized spacial score (nSPS) is 12.3. The lowest BCUT2D eigenvalue weighted by molar-refractivity contribution is -0.138. The molecule has 0 aromatic rings. The summed E-state index contributed by atoms with van der Waals surface area (Å²) in [5.74, 6) is -0.660. The average Bonchev–Trinajstić information content (AvgIpc) is 2.34. The van der Waals surface area contributed by atoms with Gasteiger partial charge in [-0.1, -0.05) is 39.0 Å². The van der Waals surface area contributed by atoms with Crippen molar-refractivity contribution < 1.29 is 14.7 Å². The lowest BCUT2D eigenvalue weighted by Crippen LogP contribution is -2.29. The maximum atomic E-state index is 11.5. The molecule has 0 aromatic carbocycles. The van der Waals surface area contributed by atoms with Gasteiger partial charge < -0.3 is 10.8 Å². The Balaban J connectivity index is 3.34. The molecule has 0 rings (SSSR count). The van der Waals surface area contributed by atoms with Gasteiger partial charge in [-0.3, -0.25) is 9.59 Å². The Labute approximate surface area is 110 Å². The molecule has 0 fully saturated rings. The van der Waals surface area contributed by atoms with E-state index in [9.17, 15) is 9.59 Å². The number of hydrogen-bond acceptors (Lipinski definition) is 3. The fourth-order valence-corrected chi connectivity index (χ4v) is 1.86. The number of Topliss-reactive ketones (excluding diaryl/α,β-unsaturated/α-hetero) is 1. The Hall–Kier alpha value is -0.900. The van der Waals surface area contributed by atoms with Crippen molar-refractivity contribution in [3.63, 3.8) is 0 Å². The molecule has 0 amide bonds. The second-order valence-electron chi connectivity index (χ2n) is 4.89. The Morgan fingerprint density at radius 2 is 1.56 bits per heavy atom. The molecule has 106 valence electrons. The highest BCUT2D eigenvalue weighted by Gasteiger charge is 2.10. The quantitative estimate of drug-likeness (QED) is 0.527. The molecule has 0 bridgehead atoms. The van der Waals surface area contributed by atoms with Crippen molar-refractivity contribution in [3.8, 4) is 0 Å². The fraction of sp³-hybridized carbons (Fsp3) is 0.857. The maximum absolute atomic E-state index is 11.5. The van der Waals surface area contributed by atoms with E-state index in [-0.39, 0.29) is 0 Å². The van der Waals surface area contributed by atoms with Crippen molar-refractivity contribution in [2.24, 2.45) is 5.73 Å². The van der Waals surface area contributed by atoms with E-state index in [2.05, 4.69) is 6.92 Å². The van der Waals surface area contributed by atoms with E-state index in [0.29, 0.717) is 25.0 Å². The molecular formula is C14H27NO3. The number of rotatable bonds is 12. The summed E-state index contributed by atoms with van der Waals surface area (Å²) >= 11 is 0. The van der Waals surface area contributed by atoms with Crippen LogP contribution < -0.4 is 5.73 Å². The van der Waals surface area contributed by atoms with Crippen molar-refractivity contribution in [1.29, 1.82) is 0 Å². The highest BCUT2D eigenvalue weighted by atomic mass is 16.4. The third-order valence-corrected chi connectivity index (χ3v) is 3.10. The molecule has 0 aliphatic rings. The van der Waals surface area contributed by atoms with Crippen LogP contribution in [0.5, 0.6) is 0 Å². The van der Waals surface area contributed by atoms with E-state index >= 15 is 0 Å². The zero-order valence-corrected chi connectivity index (χ0v) is 11.5. The highest BCUT2D eigenvalue weighted by molar-refractivity contribution is 5.78. The van der Waals surface area contributed by atoms with Gasteiger partial charge in [-0.15, -0.1) is 0 Å². The van der Waals surface area contributed by atoms with Crippen LogP contribution in [0.1, 0.15) is 71.1 Å². The zero-order chi connectivity index (χ0) is 13.8. The molecule has 0 aromatic heterocycles. The first-order valence-electron chi connectivity index (χ1n) is 7.08. The van der Waals surface area contributed by atoms with Crippen molar-refractivity contribution in [1.82, 2.24) is 0 Å². The van der Waals surface area contributed by atoms with Crippen LogP contribution in [0.3, 0.4) is 0 Å². The molecule has 4 nitrogen and oxygen atoms in total. The minimum atomic E-state index is -0.961. The van der Waals surface area contributed by atoms with Crippen molar-refractivity contribution in [2.75, 3.05) is 0 Å². The number of carbonyl (C=O) groups is 2. The van der Waals surface area contributed by atoms with Crippen molar-refractivity contribution in [2.45, 2.75) is 77.2 Å². The molecule has 18 heavy (non-hydrogen) atoms. The third-order valence-electron chi connectivity index (χ3n) is 3.10. The smallest absolute Gasteiger partial charge is 0.320 e. The minimum absolute atomic E-state index is 0.301. The summed E-state index contributed by atoms with van der Waals surface area (Å²) < 4.78 is 0. The molecule has 1 unspecified atom stereocenters. The number of carboxylic acid groups (broad SMARTS) is 1. The molecule has 0 aliphatic carbocycles. The number of nitrogens with two attached hydrogens (primary N) is 1.